The van der Waals surface area contributed by atoms with Gasteiger partial charge in [-0.05, 0) is 44.7 Å². The number of amides is 1. The van der Waals surface area contributed by atoms with E-state index >= 15 is 0 Å². The molecule has 176 valence electrons. The van der Waals surface area contributed by atoms with Crippen LogP contribution in [0.25, 0.3) is 11.6 Å². The third-order valence-corrected chi connectivity index (χ3v) is 9.30. The van der Waals surface area contributed by atoms with Crippen molar-refractivity contribution in [3.63, 3.8) is 0 Å². The average Bonchev–Trinajstić information content (AvgIpc) is 3.52. The molecule has 2 atom stereocenters. The Balaban J connectivity index is 1.53. The van der Waals surface area contributed by atoms with Gasteiger partial charge in [-0.3, -0.25) is 9.36 Å². The maximum absolute atomic E-state index is 13.3. The average molecular weight is 481 g/mol. The first kappa shape index (κ1) is 23.4. The highest BCUT2D eigenvalue weighted by Gasteiger charge is 2.36. The molecule has 2 fully saturated rings. The summed E-state index contributed by atoms with van der Waals surface area (Å²) >= 11 is 1.39. The van der Waals surface area contributed by atoms with Gasteiger partial charge in [-0.15, -0.1) is 10.2 Å². The molecule has 0 aromatic carbocycles. The molecule has 0 N–H and O–H groups in total. The van der Waals surface area contributed by atoms with Crippen molar-refractivity contribution in [1.29, 1.82) is 0 Å². The Morgan fingerprint density at radius 2 is 2.06 bits per heavy atom. The summed E-state index contributed by atoms with van der Waals surface area (Å²) in [7, 11) is -3.06. The number of sulfone groups is 1. The summed E-state index contributed by atoms with van der Waals surface area (Å²) in [4.78, 5) is 15.1. The highest BCUT2D eigenvalue weighted by Crippen LogP contribution is 2.36. The van der Waals surface area contributed by atoms with Gasteiger partial charge in [0.15, 0.2) is 20.8 Å². The van der Waals surface area contributed by atoms with Crippen LogP contribution < -0.4 is 0 Å². The molecular formula is C22H32N4O4S2. The van der Waals surface area contributed by atoms with Gasteiger partial charge in [-0.25, -0.2) is 8.42 Å². The van der Waals surface area contributed by atoms with Crippen molar-refractivity contribution >= 4 is 27.5 Å². The van der Waals surface area contributed by atoms with E-state index in [0.29, 0.717) is 24.0 Å². The third kappa shape index (κ3) is 5.06. The monoisotopic (exact) mass is 480 g/mol. The van der Waals surface area contributed by atoms with E-state index in [2.05, 4.69) is 14.8 Å². The third-order valence-electron chi connectivity index (χ3n) is 6.63. The maximum Gasteiger partial charge on any atom is 0.233 e. The molecule has 32 heavy (non-hydrogen) atoms. The van der Waals surface area contributed by atoms with Crippen molar-refractivity contribution in [3.05, 3.63) is 18.4 Å². The van der Waals surface area contributed by atoms with Crippen molar-refractivity contribution in [2.75, 3.05) is 17.3 Å². The zero-order chi connectivity index (χ0) is 22.7. The van der Waals surface area contributed by atoms with Gasteiger partial charge < -0.3 is 9.32 Å². The lowest BCUT2D eigenvalue weighted by molar-refractivity contribution is -0.132. The van der Waals surface area contributed by atoms with Crippen molar-refractivity contribution in [3.8, 4) is 11.6 Å². The standard InChI is InChI=1S/C22H32N4O4S2/c1-3-16(2)25(18-11-13-32(28,29)15-18)20(27)14-31-22-24-23-21(19-10-7-12-30-19)26(22)17-8-5-4-6-9-17/h7,10,12,16-18H,3-6,8-9,11,13-15H2,1-2H3/t16-,18+/m1/s1. The van der Waals surface area contributed by atoms with E-state index in [9.17, 15) is 13.2 Å². The lowest BCUT2D eigenvalue weighted by Crippen LogP contribution is -2.47. The largest absolute Gasteiger partial charge is 0.461 e. The van der Waals surface area contributed by atoms with Gasteiger partial charge in [-0.1, -0.05) is 37.9 Å². The molecule has 2 aromatic heterocycles. The lowest BCUT2D eigenvalue weighted by atomic mass is 9.95. The van der Waals surface area contributed by atoms with Crippen LogP contribution >= 0.6 is 11.8 Å². The molecule has 0 spiro atoms. The molecule has 1 aliphatic carbocycles. The molecule has 3 heterocycles. The quantitative estimate of drug-likeness (QED) is 0.528. The van der Waals surface area contributed by atoms with Crippen LogP contribution in [0.4, 0.5) is 0 Å². The Morgan fingerprint density at radius 3 is 2.69 bits per heavy atom. The van der Waals surface area contributed by atoms with Crippen LogP contribution in [-0.2, 0) is 14.6 Å². The van der Waals surface area contributed by atoms with E-state index in [0.717, 1.165) is 24.4 Å². The van der Waals surface area contributed by atoms with Gasteiger partial charge >= 0.3 is 0 Å². The number of aromatic nitrogens is 3. The molecule has 1 saturated heterocycles. The SMILES string of the molecule is CC[C@@H](C)N(C(=O)CSc1nnc(-c2ccco2)n1C1CCCCC1)[C@H]1CCS(=O)(=O)C1. The molecule has 1 aliphatic heterocycles. The number of carbonyl (C=O) groups is 1. The van der Waals surface area contributed by atoms with Crippen LogP contribution in [0.1, 0.15) is 64.8 Å². The zero-order valence-corrected chi connectivity index (χ0v) is 20.4. The predicted octanol–water partition coefficient (Wildman–Crippen LogP) is 3.95. The van der Waals surface area contributed by atoms with Gasteiger partial charge in [0, 0.05) is 18.1 Å². The second-order valence-corrected chi connectivity index (χ2v) is 12.0. The van der Waals surface area contributed by atoms with Crippen LogP contribution in [0.5, 0.6) is 0 Å². The number of thioether (sulfide) groups is 1. The van der Waals surface area contributed by atoms with Gasteiger partial charge in [0.05, 0.1) is 23.5 Å². The Labute approximate surface area is 194 Å². The number of nitrogens with zero attached hydrogens (tertiary/aromatic N) is 4. The van der Waals surface area contributed by atoms with E-state index in [1.54, 1.807) is 11.2 Å². The van der Waals surface area contributed by atoms with Crippen LogP contribution in [0.3, 0.4) is 0 Å². The smallest absolute Gasteiger partial charge is 0.233 e. The first-order chi connectivity index (χ1) is 15.4. The minimum Gasteiger partial charge on any atom is -0.461 e. The molecule has 8 nitrogen and oxygen atoms in total. The fourth-order valence-electron chi connectivity index (χ4n) is 4.82. The summed E-state index contributed by atoms with van der Waals surface area (Å²) in [6.45, 7) is 4.02. The zero-order valence-electron chi connectivity index (χ0n) is 18.8. The number of furan rings is 1. The number of rotatable bonds is 8. The van der Waals surface area contributed by atoms with Crippen molar-refractivity contribution in [1.82, 2.24) is 19.7 Å². The van der Waals surface area contributed by atoms with Gasteiger partial charge in [-0.2, -0.15) is 0 Å². The minimum atomic E-state index is -3.06. The summed E-state index contributed by atoms with van der Waals surface area (Å²) < 4.78 is 31.8. The Morgan fingerprint density at radius 1 is 1.28 bits per heavy atom. The number of hydrogen-bond donors (Lipinski definition) is 0. The predicted molar refractivity (Wildman–Crippen MR) is 124 cm³/mol. The summed E-state index contributed by atoms with van der Waals surface area (Å²) in [6.07, 6.45) is 8.63. The fourth-order valence-corrected chi connectivity index (χ4v) is 7.41. The van der Waals surface area contributed by atoms with Crippen LogP contribution in [-0.4, -0.2) is 63.3 Å². The minimum absolute atomic E-state index is 0.00343. The molecule has 2 aliphatic rings. The fraction of sp³-hybridized carbons (Fsp3) is 0.682. The molecule has 0 radical (unpaired) electrons. The first-order valence-electron chi connectivity index (χ1n) is 11.5. The maximum atomic E-state index is 13.3. The normalized spacial score (nSPS) is 22.1. The van der Waals surface area contributed by atoms with E-state index in [-0.39, 0.29) is 35.2 Å². The summed E-state index contributed by atoms with van der Waals surface area (Å²) in [5.41, 5.74) is 0. The van der Waals surface area contributed by atoms with Crippen molar-refractivity contribution in [2.45, 2.75) is 82.1 Å². The molecular weight excluding hydrogens is 448 g/mol. The summed E-state index contributed by atoms with van der Waals surface area (Å²) in [5.74, 6) is 1.78. The molecule has 1 saturated carbocycles. The summed E-state index contributed by atoms with van der Waals surface area (Å²) in [6, 6.07) is 3.77. The molecule has 2 aromatic rings. The Hall–Kier alpha value is -1.81. The highest BCUT2D eigenvalue weighted by atomic mass is 32.2. The molecule has 1 amide bonds. The Bertz CT molecular complexity index is 1010. The van der Waals surface area contributed by atoms with Crippen LogP contribution in [0, 0.1) is 0 Å². The molecule has 0 bridgehead atoms. The van der Waals surface area contributed by atoms with Gasteiger partial charge in [0.2, 0.25) is 11.7 Å². The second-order valence-electron chi connectivity index (χ2n) is 8.85. The van der Waals surface area contributed by atoms with E-state index < -0.39 is 9.84 Å². The van der Waals surface area contributed by atoms with E-state index in [1.807, 2.05) is 26.0 Å². The van der Waals surface area contributed by atoms with Crippen LogP contribution in [0.2, 0.25) is 0 Å². The lowest BCUT2D eigenvalue weighted by Gasteiger charge is -2.33. The first-order valence-corrected chi connectivity index (χ1v) is 14.3. The highest BCUT2D eigenvalue weighted by molar-refractivity contribution is 7.99. The van der Waals surface area contributed by atoms with E-state index in [4.69, 9.17) is 4.42 Å². The van der Waals surface area contributed by atoms with E-state index in [1.165, 1.54) is 31.0 Å². The number of carbonyl (C=O) groups excluding carboxylic acids is 1. The van der Waals surface area contributed by atoms with Gasteiger partial charge in [0.1, 0.15) is 0 Å². The molecule has 10 heteroatoms. The van der Waals surface area contributed by atoms with Crippen molar-refractivity contribution < 1.29 is 17.6 Å². The topological polar surface area (TPSA) is 98.3 Å². The van der Waals surface area contributed by atoms with Gasteiger partial charge in [0.25, 0.3) is 0 Å². The summed E-state index contributed by atoms with van der Waals surface area (Å²) in [5, 5.41) is 9.53. The second kappa shape index (κ2) is 9.99. The molecule has 4 rings (SSSR count). The van der Waals surface area contributed by atoms with Crippen LogP contribution in [0.15, 0.2) is 28.0 Å². The van der Waals surface area contributed by atoms with Crippen molar-refractivity contribution in [2.24, 2.45) is 0 Å². The molecule has 0 unspecified atom stereocenters. The number of hydrogen-bond acceptors (Lipinski definition) is 7. The Kier molecular flexibility index (Phi) is 7.29.